The van der Waals surface area contributed by atoms with Crippen LogP contribution in [0.3, 0.4) is 0 Å². The van der Waals surface area contributed by atoms with E-state index in [9.17, 15) is 4.79 Å². The molecule has 0 aromatic carbocycles. The van der Waals surface area contributed by atoms with Crippen molar-refractivity contribution in [2.45, 2.75) is 31.8 Å². The number of carbonyl (C=O) groups is 1. The van der Waals surface area contributed by atoms with Crippen LogP contribution in [-0.4, -0.2) is 37.1 Å². The average Bonchev–Trinajstić information content (AvgIpc) is 2.88. The van der Waals surface area contributed by atoms with Crippen molar-refractivity contribution in [1.82, 2.24) is 15.6 Å². The van der Waals surface area contributed by atoms with Gasteiger partial charge in [0, 0.05) is 25.3 Å². The van der Waals surface area contributed by atoms with Crippen LogP contribution in [0.4, 0.5) is 5.82 Å². The second-order valence-corrected chi connectivity index (χ2v) is 5.71. The Labute approximate surface area is 119 Å². The van der Waals surface area contributed by atoms with Gasteiger partial charge in [-0.1, -0.05) is 0 Å². The number of fused-ring (bicyclic) bond motifs is 1. The summed E-state index contributed by atoms with van der Waals surface area (Å²) in [6, 6.07) is 4.76. The molecule has 5 nitrogen and oxygen atoms in total. The van der Waals surface area contributed by atoms with Crippen molar-refractivity contribution in [2.75, 3.05) is 25.0 Å². The van der Waals surface area contributed by atoms with Crippen LogP contribution in [0.15, 0.2) is 18.3 Å². The van der Waals surface area contributed by atoms with Crippen LogP contribution in [0.2, 0.25) is 0 Å². The normalized spacial score (nSPS) is 27.1. The van der Waals surface area contributed by atoms with E-state index in [4.69, 9.17) is 0 Å². The average molecular weight is 274 g/mol. The van der Waals surface area contributed by atoms with Gasteiger partial charge in [-0.05, 0) is 44.5 Å². The highest BCUT2D eigenvalue weighted by molar-refractivity contribution is 5.83. The Morgan fingerprint density at radius 1 is 1.55 bits per heavy atom. The van der Waals surface area contributed by atoms with Crippen LogP contribution in [-0.2, 0) is 4.79 Å². The molecule has 3 unspecified atom stereocenters. The molecule has 3 rings (SSSR count). The zero-order valence-electron chi connectivity index (χ0n) is 12.1. The van der Waals surface area contributed by atoms with E-state index in [1.807, 2.05) is 19.3 Å². The first-order chi connectivity index (χ1) is 9.70. The fourth-order valence-electron chi connectivity index (χ4n) is 3.26. The summed E-state index contributed by atoms with van der Waals surface area (Å²) < 4.78 is 0. The quantitative estimate of drug-likeness (QED) is 0.866. The van der Waals surface area contributed by atoms with E-state index in [2.05, 4.69) is 33.5 Å². The van der Waals surface area contributed by atoms with Gasteiger partial charge >= 0.3 is 0 Å². The molecule has 2 saturated heterocycles. The van der Waals surface area contributed by atoms with Crippen molar-refractivity contribution < 1.29 is 4.79 Å². The minimum absolute atomic E-state index is 0.135. The van der Waals surface area contributed by atoms with Gasteiger partial charge in [0.25, 0.3) is 0 Å². The molecule has 0 radical (unpaired) electrons. The molecule has 2 aliphatic heterocycles. The van der Waals surface area contributed by atoms with E-state index in [0.29, 0.717) is 6.04 Å². The molecule has 2 N–H and O–H groups in total. The predicted octanol–water partition coefficient (Wildman–Crippen LogP) is 1.08. The second-order valence-electron chi connectivity index (χ2n) is 5.71. The van der Waals surface area contributed by atoms with E-state index in [-0.39, 0.29) is 17.9 Å². The van der Waals surface area contributed by atoms with E-state index in [0.717, 1.165) is 31.7 Å². The highest BCUT2D eigenvalue weighted by Crippen LogP contribution is 2.31. The standard InChI is InChI=1S/C15H22N4O/c1-10(16-2)11-5-6-17-14(8-11)19-7-3-4-12-13(19)9-18-15(12)20/h5-6,8,10,12-13,16H,3-4,7,9H2,1-2H3,(H,18,20). The van der Waals surface area contributed by atoms with Gasteiger partial charge in [-0.3, -0.25) is 4.79 Å². The summed E-state index contributed by atoms with van der Waals surface area (Å²) in [5, 5.41) is 6.24. The number of pyridine rings is 1. The lowest BCUT2D eigenvalue weighted by molar-refractivity contribution is -0.122. The van der Waals surface area contributed by atoms with Crippen LogP contribution in [0, 0.1) is 5.92 Å². The highest BCUT2D eigenvalue weighted by atomic mass is 16.2. The molecule has 3 atom stereocenters. The van der Waals surface area contributed by atoms with Crippen molar-refractivity contribution in [1.29, 1.82) is 0 Å². The molecule has 0 spiro atoms. The zero-order chi connectivity index (χ0) is 14.1. The fraction of sp³-hybridized carbons (Fsp3) is 0.600. The number of nitrogens with one attached hydrogen (secondary N) is 2. The number of anilines is 1. The molecular weight excluding hydrogens is 252 g/mol. The Kier molecular flexibility index (Phi) is 3.61. The summed E-state index contributed by atoms with van der Waals surface area (Å²) in [6.07, 6.45) is 3.92. The smallest absolute Gasteiger partial charge is 0.225 e. The molecule has 1 aromatic heterocycles. The third-order valence-corrected chi connectivity index (χ3v) is 4.60. The maximum atomic E-state index is 11.8. The fourth-order valence-corrected chi connectivity index (χ4v) is 3.26. The van der Waals surface area contributed by atoms with Crippen LogP contribution in [0.5, 0.6) is 0 Å². The Morgan fingerprint density at radius 2 is 2.40 bits per heavy atom. The lowest BCUT2D eigenvalue weighted by Gasteiger charge is -2.37. The van der Waals surface area contributed by atoms with Gasteiger partial charge in [0.05, 0.1) is 12.0 Å². The summed E-state index contributed by atoms with van der Waals surface area (Å²) in [6.45, 7) is 3.87. The SMILES string of the molecule is CNC(C)c1ccnc(N2CCCC3C(=O)NCC32)c1. The maximum Gasteiger partial charge on any atom is 0.225 e. The largest absolute Gasteiger partial charge is 0.354 e. The van der Waals surface area contributed by atoms with Crippen molar-refractivity contribution in [3.63, 3.8) is 0 Å². The number of amides is 1. The predicted molar refractivity (Wildman–Crippen MR) is 78.6 cm³/mol. The molecule has 0 aliphatic carbocycles. The first kappa shape index (κ1) is 13.4. The molecule has 0 saturated carbocycles. The Morgan fingerprint density at radius 3 is 3.20 bits per heavy atom. The molecular formula is C15H22N4O. The first-order valence-corrected chi connectivity index (χ1v) is 7.38. The molecule has 3 heterocycles. The summed E-state index contributed by atoms with van der Waals surface area (Å²) in [4.78, 5) is 18.7. The Bertz CT molecular complexity index is 504. The highest BCUT2D eigenvalue weighted by Gasteiger charge is 2.41. The van der Waals surface area contributed by atoms with Crippen LogP contribution >= 0.6 is 0 Å². The summed E-state index contributed by atoms with van der Waals surface area (Å²) in [7, 11) is 1.96. The number of nitrogens with zero attached hydrogens (tertiary/aromatic N) is 2. The molecule has 2 fully saturated rings. The van der Waals surface area contributed by atoms with E-state index >= 15 is 0 Å². The number of piperidine rings is 1. The first-order valence-electron chi connectivity index (χ1n) is 7.38. The van der Waals surface area contributed by atoms with Gasteiger partial charge in [-0.2, -0.15) is 0 Å². The number of aromatic nitrogens is 1. The molecule has 2 aliphatic rings. The van der Waals surface area contributed by atoms with Gasteiger partial charge in [0.2, 0.25) is 5.91 Å². The monoisotopic (exact) mass is 274 g/mol. The lowest BCUT2D eigenvalue weighted by Crippen LogP contribution is -2.46. The van der Waals surface area contributed by atoms with Gasteiger partial charge in [0.1, 0.15) is 5.82 Å². The van der Waals surface area contributed by atoms with E-state index < -0.39 is 0 Å². The number of rotatable bonds is 3. The van der Waals surface area contributed by atoms with Crippen LogP contribution < -0.4 is 15.5 Å². The van der Waals surface area contributed by atoms with Gasteiger partial charge < -0.3 is 15.5 Å². The lowest BCUT2D eigenvalue weighted by atomic mass is 9.91. The molecule has 1 aromatic rings. The molecule has 5 heteroatoms. The van der Waals surface area contributed by atoms with Crippen molar-refractivity contribution in [3.8, 4) is 0 Å². The third-order valence-electron chi connectivity index (χ3n) is 4.60. The van der Waals surface area contributed by atoms with E-state index in [1.54, 1.807) is 0 Å². The van der Waals surface area contributed by atoms with Gasteiger partial charge in [-0.25, -0.2) is 4.98 Å². The summed E-state index contributed by atoms with van der Waals surface area (Å²) in [5.41, 5.74) is 1.23. The second kappa shape index (κ2) is 5.40. The third kappa shape index (κ3) is 2.26. The van der Waals surface area contributed by atoms with Crippen LogP contribution in [0.25, 0.3) is 0 Å². The number of hydrogen-bond donors (Lipinski definition) is 2. The van der Waals surface area contributed by atoms with Gasteiger partial charge in [-0.15, -0.1) is 0 Å². The molecule has 20 heavy (non-hydrogen) atoms. The van der Waals surface area contributed by atoms with E-state index in [1.165, 1.54) is 5.56 Å². The van der Waals surface area contributed by atoms with Crippen molar-refractivity contribution in [2.24, 2.45) is 5.92 Å². The number of carbonyl (C=O) groups excluding carboxylic acids is 1. The topological polar surface area (TPSA) is 57.3 Å². The number of hydrogen-bond acceptors (Lipinski definition) is 4. The van der Waals surface area contributed by atoms with Crippen molar-refractivity contribution in [3.05, 3.63) is 23.9 Å². The Hall–Kier alpha value is -1.62. The summed E-state index contributed by atoms with van der Waals surface area (Å²) in [5.74, 6) is 1.34. The van der Waals surface area contributed by atoms with Crippen LogP contribution in [0.1, 0.15) is 31.4 Å². The zero-order valence-corrected chi connectivity index (χ0v) is 12.1. The summed E-state index contributed by atoms with van der Waals surface area (Å²) >= 11 is 0. The minimum Gasteiger partial charge on any atom is -0.354 e. The minimum atomic E-state index is 0.135. The molecule has 0 bridgehead atoms. The Balaban J connectivity index is 1.86. The molecule has 1 amide bonds. The maximum absolute atomic E-state index is 11.8. The van der Waals surface area contributed by atoms with Gasteiger partial charge in [0.15, 0.2) is 0 Å². The van der Waals surface area contributed by atoms with Crippen molar-refractivity contribution >= 4 is 11.7 Å². The molecule has 108 valence electrons.